The zero-order valence-electron chi connectivity index (χ0n) is 60.3. The van der Waals surface area contributed by atoms with E-state index in [0.717, 1.165) is 73.3 Å². The van der Waals surface area contributed by atoms with Crippen LogP contribution in [0.3, 0.4) is 0 Å². The molecule has 0 atom stereocenters. The Hall–Kier alpha value is -14.7. The largest absolute Gasteiger partial charge is 0.423 e. The van der Waals surface area contributed by atoms with Crippen LogP contribution in [-0.4, -0.2) is 61.0 Å². The second kappa shape index (κ2) is 40.9. The zero-order chi connectivity index (χ0) is 90.0. The molecule has 0 radical (unpaired) electrons. The second-order valence-corrected chi connectivity index (χ2v) is 23.3. The van der Waals surface area contributed by atoms with Crippen molar-refractivity contribution in [3.63, 3.8) is 0 Å². The molecule has 0 aliphatic rings. The van der Waals surface area contributed by atoms with Gasteiger partial charge in [0.1, 0.15) is 22.9 Å². The van der Waals surface area contributed by atoms with E-state index in [4.69, 9.17) is 4.74 Å². The summed E-state index contributed by atoms with van der Waals surface area (Å²) in [5, 5.41) is 6.08. The fourth-order valence-electron chi connectivity index (χ4n) is 8.64. The van der Waals surface area contributed by atoms with Gasteiger partial charge in [0.2, 0.25) is 87.3 Å². The van der Waals surface area contributed by atoms with Gasteiger partial charge in [-0.2, -0.15) is 39.5 Å². The van der Waals surface area contributed by atoms with Gasteiger partial charge in [0.25, 0.3) is 0 Å². The van der Waals surface area contributed by atoms with Crippen LogP contribution in [0.4, 0.5) is 114 Å². The summed E-state index contributed by atoms with van der Waals surface area (Å²) in [6, 6.07) is 22.5. The summed E-state index contributed by atoms with van der Waals surface area (Å²) >= 11 is 0. The molecule has 0 spiro atoms. The van der Waals surface area contributed by atoms with Gasteiger partial charge in [-0.25, -0.2) is 118 Å². The predicted molar refractivity (Wildman–Crippen MR) is 359 cm³/mol. The molecule has 0 unspecified atom stereocenters. The van der Waals surface area contributed by atoms with Gasteiger partial charge in [-0.3, -0.25) is 0 Å². The minimum Gasteiger partial charge on any atom is -0.423 e. The summed E-state index contributed by atoms with van der Waals surface area (Å²) in [6.45, 7) is 6.46. The molecule has 0 N–H and O–H groups in total. The molecule has 0 fully saturated rings. The average molecular weight is 1730 g/mol. The lowest BCUT2D eigenvalue weighted by atomic mass is 10.1. The van der Waals surface area contributed by atoms with Gasteiger partial charge in [0.05, 0.1) is 29.1 Å². The van der Waals surface area contributed by atoms with Crippen LogP contribution >= 0.6 is 0 Å². The Morgan fingerprint density at radius 3 is 1.01 bits per heavy atom. The molecular weight excluding hydrogens is 1690 g/mol. The van der Waals surface area contributed by atoms with Crippen molar-refractivity contribution in [3.05, 3.63) is 359 Å². The van der Waals surface area contributed by atoms with Crippen molar-refractivity contribution in [2.75, 3.05) is 0 Å². The van der Waals surface area contributed by atoms with Gasteiger partial charge in [-0.05, 0) is 160 Å². The summed E-state index contributed by atoms with van der Waals surface area (Å²) < 4.78 is 369. The molecule has 9 aromatic carbocycles. The molecular formula is C78H39F26N5O12. The summed E-state index contributed by atoms with van der Waals surface area (Å²) in [5.41, 5.74) is -3.42. The minimum absolute atomic E-state index is 0.0420. The second-order valence-electron chi connectivity index (χ2n) is 23.3. The lowest BCUT2D eigenvalue weighted by molar-refractivity contribution is 0.0696. The van der Waals surface area contributed by atoms with Crippen LogP contribution in [0.2, 0.25) is 0 Å². The number of carbonyl (C=O) groups excluding carboxylic acids is 6. The molecule has 0 amide bonds. The van der Waals surface area contributed by atoms with Gasteiger partial charge in [0, 0.05) is 12.3 Å². The molecule has 0 aliphatic heterocycles. The summed E-state index contributed by atoms with van der Waals surface area (Å²) in [5.74, 6) is -55.5. The monoisotopic (exact) mass is 1730 g/mol. The Labute approximate surface area is 658 Å². The van der Waals surface area contributed by atoms with Crippen molar-refractivity contribution in [3.8, 4) is 34.5 Å². The molecule has 0 saturated carbocycles. The van der Waals surface area contributed by atoms with E-state index >= 15 is 0 Å². The van der Waals surface area contributed by atoms with Crippen LogP contribution in [0.5, 0.6) is 34.5 Å². The van der Waals surface area contributed by atoms with E-state index in [1.54, 1.807) is 12.1 Å². The first-order chi connectivity index (χ1) is 56.8. The first kappa shape index (κ1) is 93.5. The highest BCUT2D eigenvalue weighted by Crippen LogP contribution is 2.34. The molecule has 43 heteroatoms. The quantitative estimate of drug-likeness (QED) is 0.0277. The first-order valence-corrected chi connectivity index (χ1v) is 32.2. The first-order valence-electron chi connectivity index (χ1n) is 32.2. The van der Waals surface area contributed by atoms with Crippen LogP contribution in [0, 0.1) is 186 Å². The topological polar surface area (TPSA) is 222 Å². The maximum atomic E-state index is 13.7. The van der Waals surface area contributed by atoms with E-state index in [2.05, 4.69) is 48.8 Å². The highest BCUT2D eigenvalue weighted by Gasteiger charge is 2.34. The number of hydrogen-bond acceptors (Lipinski definition) is 17. The molecule has 630 valence electrons. The number of ether oxygens (including phenoxy) is 6. The number of carbonyl (C=O) groups is 6. The Morgan fingerprint density at radius 1 is 0.248 bits per heavy atom. The van der Waals surface area contributed by atoms with Crippen molar-refractivity contribution in [2.45, 2.75) is 34.6 Å². The summed E-state index contributed by atoms with van der Waals surface area (Å²) in [7, 11) is 0. The van der Waals surface area contributed by atoms with Gasteiger partial charge in [0.15, 0.2) is 92.8 Å². The number of rotatable bonds is 12. The molecule has 0 aliphatic carbocycles. The molecule has 12 aromatic rings. The number of pyridine rings is 1. The lowest BCUT2D eigenvalue weighted by Gasteiger charge is -2.11. The SMILES string of the molecule is Cc1cc(F)c(F)c(OC(=O)c2c(F)c(F)c([18F])c(F)c2F)c1F.Cc1cc(F)c(F)c(OC(=O)c2ccc([18F])cc2)c1F.Cc1cc(F)c(F)c(OC(=O)c2ccc([18F])nc2)c1F.Cc1cc(F)c(F)c(OC(=O)c2ccc([18F])nn2)c1F.Cc1ccc(OC(=O)c2cccc([18F])c2)cc1.O=C(Oc1c(F)c(F)cc(F)c1F)c1cnc([18F])cn1. The van der Waals surface area contributed by atoms with E-state index in [0.29, 0.717) is 42.4 Å². The maximum Gasteiger partial charge on any atom is 0.364 e. The fourth-order valence-corrected chi connectivity index (χ4v) is 8.64. The maximum absolute atomic E-state index is 13.7. The van der Waals surface area contributed by atoms with Crippen molar-refractivity contribution in [2.24, 2.45) is 0 Å². The Balaban J connectivity index is 0.000000200. The average Bonchev–Trinajstić information content (AvgIpc) is 0.793. The van der Waals surface area contributed by atoms with E-state index in [9.17, 15) is 143 Å². The molecule has 0 bridgehead atoms. The Morgan fingerprint density at radius 2 is 0.612 bits per heavy atom. The Bertz CT molecular complexity index is 5310. The van der Waals surface area contributed by atoms with Crippen LogP contribution in [0.25, 0.3) is 0 Å². The number of esters is 6. The number of benzene rings is 9. The third kappa shape index (κ3) is 23.8. The highest BCUT2D eigenvalue weighted by atomic mass is 19.2. The number of aryl methyl sites for hydroxylation is 5. The van der Waals surface area contributed by atoms with Crippen molar-refractivity contribution in [1.29, 1.82) is 0 Å². The van der Waals surface area contributed by atoms with Crippen LogP contribution in [0.15, 0.2) is 146 Å². The van der Waals surface area contributed by atoms with Crippen molar-refractivity contribution >= 4 is 35.8 Å². The van der Waals surface area contributed by atoms with Gasteiger partial charge >= 0.3 is 35.8 Å². The number of halogens is 26. The smallest absolute Gasteiger partial charge is 0.364 e. The normalized spacial score (nSPS) is 10.5. The lowest BCUT2D eigenvalue weighted by Crippen LogP contribution is -2.19. The van der Waals surface area contributed by atoms with E-state index in [1.165, 1.54) is 39.0 Å². The third-order valence-electron chi connectivity index (χ3n) is 14.7. The standard InChI is InChI=1S/C14H4F8O2.C14H8F4O2.C14H11FO2.C13H7F4NO2.C12H6F4N2O2.C11H3F5N2O2/c1-3-2-4(15)7(17)13(6(3)16)24-14(23)5-8(18)10(20)12(22)11(21)9(5)19;1-7-6-10(16)12(18)13(11(7)17)20-14(19)8-2-4-9(15)5-3-8;1-10-5-7-13(8-6-10)17-14(16)11-3-2-4-12(15)9-11;1-6-4-8(14)11(17)12(10(6)16)20-13(19)7-2-3-9(15)18-5-7;1-5-4-6(13)10(16)11(9(5)15)20-12(19)7-2-3-8(14)18-17-7;12-4-1-5(13)9(16)10(8(4)15)20-11(19)6-2-18-7(14)3-17-6/h2H,1H3;2-6H,1H3;2-9H,1H3;2-5H,1H3;2-4H,1H3;1-3H/i22-1;3*15-1;2*14-1. The van der Waals surface area contributed by atoms with Crippen LogP contribution in [0.1, 0.15) is 90.2 Å². The number of aromatic nitrogens is 5. The number of nitrogens with zero attached hydrogens (tertiary/aromatic N) is 5. The van der Waals surface area contributed by atoms with Gasteiger partial charge in [-0.1, -0.05) is 23.8 Å². The van der Waals surface area contributed by atoms with Crippen molar-refractivity contribution in [1.82, 2.24) is 25.1 Å². The molecule has 121 heavy (non-hydrogen) atoms. The molecule has 0 saturated heterocycles. The third-order valence-corrected chi connectivity index (χ3v) is 14.7. The summed E-state index contributed by atoms with van der Waals surface area (Å²) in [4.78, 5) is 79.0. The summed E-state index contributed by atoms with van der Waals surface area (Å²) in [6.07, 6.45) is 2.01. The molecule has 12 rings (SSSR count). The number of hydrogen-bond donors (Lipinski definition) is 0. The van der Waals surface area contributed by atoms with Gasteiger partial charge < -0.3 is 28.4 Å². The zero-order valence-corrected chi connectivity index (χ0v) is 60.3. The Kier molecular flexibility index (Phi) is 31.6. The highest BCUT2D eigenvalue weighted by molar-refractivity contribution is 5.93. The van der Waals surface area contributed by atoms with Gasteiger partial charge in [-0.15, -0.1) is 10.2 Å². The minimum atomic E-state index is -2.54. The van der Waals surface area contributed by atoms with Crippen LogP contribution < -0.4 is 28.4 Å². The van der Waals surface area contributed by atoms with E-state index in [-0.39, 0.29) is 39.4 Å². The van der Waals surface area contributed by atoms with Crippen molar-refractivity contribution < 1.29 is 171 Å². The van der Waals surface area contributed by atoms with E-state index in [1.807, 2.05) is 19.1 Å². The fraction of sp³-hybridized carbons (Fsp3) is 0.0641. The van der Waals surface area contributed by atoms with E-state index < -0.39 is 239 Å². The molecule has 3 aromatic heterocycles. The molecule has 3 heterocycles. The molecule has 17 nitrogen and oxygen atoms in total. The van der Waals surface area contributed by atoms with Crippen LogP contribution in [-0.2, 0) is 0 Å². The predicted octanol–water partition coefficient (Wildman–Crippen LogP) is 19.6.